The van der Waals surface area contributed by atoms with Gasteiger partial charge in [-0.05, 0) is 68.3 Å². The third kappa shape index (κ3) is 3.49. The largest absolute Gasteiger partial charge is 0.444 e. The molecule has 0 unspecified atom stereocenters. The first-order valence-corrected chi connectivity index (χ1v) is 9.40. The van der Waals surface area contributed by atoms with E-state index in [0.717, 1.165) is 27.4 Å². The van der Waals surface area contributed by atoms with Gasteiger partial charge < -0.3 is 14.2 Å². The molecular weight excluding hydrogens is 441 g/mol. The van der Waals surface area contributed by atoms with Gasteiger partial charge in [-0.3, -0.25) is 0 Å². The normalized spacial score (nSPS) is 20.8. The Labute approximate surface area is 160 Å². The van der Waals surface area contributed by atoms with Crippen molar-refractivity contribution in [1.82, 2.24) is 14.5 Å². The summed E-state index contributed by atoms with van der Waals surface area (Å²) in [5, 5.41) is 1.61. The number of nitrogens with zero attached hydrogens (tertiary/aromatic N) is 3. The number of hydrogen-bond acceptors (Lipinski definition) is 3. The molecule has 130 valence electrons. The lowest BCUT2D eigenvalue weighted by molar-refractivity contribution is 0.00809. The van der Waals surface area contributed by atoms with Gasteiger partial charge in [0.05, 0.1) is 0 Å². The minimum atomic E-state index is -0.470. The number of ether oxygens (including phenoxy) is 1. The first-order valence-electron chi connectivity index (χ1n) is 7.94. The molecular formula is C17H21ClIN3O2. The smallest absolute Gasteiger partial charge is 0.410 e. The minimum Gasteiger partial charge on any atom is -0.444 e. The van der Waals surface area contributed by atoms with E-state index in [1.807, 2.05) is 40.0 Å². The zero-order valence-electron chi connectivity index (χ0n) is 14.2. The first-order chi connectivity index (χ1) is 11.2. The van der Waals surface area contributed by atoms with Crippen molar-refractivity contribution in [3.8, 4) is 0 Å². The second kappa shape index (κ2) is 6.37. The first kappa shape index (κ1) is 17.8. The third-order valence-electron chi connectivity index (χ3n) is 4.31. The van der Waals surface area contributed by atoms with E-state index < -0.39 is 5.60 Å². The summed E-state index contributed by atoms with van der Waals surface area (Å²) in [4.78, 5) is 18.3. The molecule has 0 bridgehead atoms. The molecule has 7 heteroatoms. The van der Waals surface area contributed by atoms with Crippen LogP contribution in [0.25, 0.3) is 11.0 Å². The van der Waals surface area contributed by atoms with Gasteiger partial charge in [0, 0.05) is 34.3 Å². The lowest BCUT2D eigenvalue weighted by Gasteiger charge is -2.42. The molecule has 0 saturated heterocycles. The fourth-order valence-electron chi connectivity index (χ4n) is 2.93. The maximum atomic E-state index is 12.2. The van der Waals surface area contributed by atoms with Crippen molar-refractivity contribution in [2.24, 2.45) is 0 Å². The van der Waals surface area contributed by atoms with Crippen LogP contribution < -0.4 is 0 Å². The van der Waals surface area contributed by atoms with Crippen LogP contribution in [-0.2, 0) is 4.74 Å². The molecule has 2 heterocycles. The van der Waals surface area contributed by atoms with Crippen molar-refractivity contribution in [3.63, 3.8) is 0 Å². The molecule has 2 aromatic rings. The van der Waals surface area contributed by atoms with Crippen LogP contribution in [0.4, 0.5) is 4.79 Å². The quantitative estimate of drug-likeness (QED) is 0.474. The zero-order chi connectivity index (χ0) is 17.6. The maximum absolute atomic E-state index is 12.2. The minimum absolute atomic E-state index is 0.194. The van der Waals surface area contributed by atoms with Gasteiger partial charge in [0.25, 0.3) is 0 Å². The Hall–Kier alpha value is -1.02. The summed E-state index contributed by atoms with van der Waals surface area (Å²) in [7, 11) is 1.81. The van der Waals surface area contributed by atoms with Crippen LogP contribution in [0.3, 0.4) is 0 Å². The van der Waals surface area contributed by atoms with E-state index in [-0.39, 0.29) is 12.1 Å². The Morgan fingerprint density at radius 1 is 1.42 bits per heavy atom. The SMILES string of the molecule is CN(C(=O)OC(C)(C)C)C1CC(n2cc(I)c3ccc(Cl)nc32)C1. The highest BCUT2D eigenvalue weighted by atomic mass is 127. The average molecular weight is 462 g/mol. The number of amides is 1. The van der Waals surface area contributed by atoms with Crippen molar-refractivity contribution in [3.05, 3.63) is 27.1 Å². The summed E-state index contributed by atoms with van der Waals surface area (Å²) in [5.74, 6) is 0. The topological polar surface area (TPSA) is 47.4 Å². The number of carbonyl (C=O) groups excluding carboxylic acids is 1. The lowest BCUT2D eigenvalue weighted by Crippen LogP contribution is -2.47. The molecule has 1 amide bonds. The summed E-state index contributed by atoms with van der Waals surface area (Å²) in [6, 6.07) is 4.35. The van der Waals surface area contributed by atoms with Gasteiger partial charge in [-0.2, -0.15) is 0 Å². The number of hydrogen-bond donors (Lipinski definition) is 0. The number of carbonyl (C=O) groups is 1. The van der Waals surface area contributed by atoms with Gasteiger partial charge in [0.15, 0.2) is 0 Å². The highest BCUT2D eigenvalue weighted by Gasteiger charge is 2.37. The van der Waals surface area contributed by atoms with E-state index in [0.29, 0.717) is 11.2 Å². The van der Waals surface area contributed by atoms with E-state index in [1.54, 1.807) is 4.90 Å². The third-order valence-corrected chi connectivity index (χ3v) is 5.38. The molecule has 5 nitrogen and oxygen atoms in total. The van der Waals surface area contributed by atoms with Gasteiger partial charge in [-0.15, -0.1) is 0 Å². The highest BCUT2D eigenvalue weighted by molar-refractivity contribution is 14.1. The lowest BCUT2D eigenvalue weighted by atomic mass is 9.85. The summed E-state index contributed by atoms with van der Waals surface area (Å²) in [6.45, 7) is 5.64. The average Bonchev–Trinajstić information content (AvgIpc) is 2.72. The Kier molecular flexibility index (Phi) is 4.72. The number of aromatic nitrogens is 2. The van der Waals surface area contributed by atoms with Gasteiger partial charge in [-0.25, -0.2) is 9.78 Å². The van der Waals surface area contributed by atoms with E-state index in [9.17, 15) is 4.79 Å². The van der Waals surface area contributed by atoms with Crippen molar-refractivity contribution in [2.45, 2.75) is 51.3 Å². The van der Waals surface area contributed by atoms with Crippen LogP contribution in [0.5, 0.6) is 0 Å². The number of halogens is 2. The van der Waals surface area contributed by atoms with Gasteiger partial charge in [0.2, 0.25) is 0 Å². The van der Waals surface area contributed by atoms with Crippen molar-refractivity contribution >= 4 is 51.3 Å². The Morgan fingerprint density at radius 3 is 2.71 bits per heavy atom. The van der Waals surface area contributed by atoms with E-state index in [1.165, 1.54) is 0 Å². The molecule has 0 aromatic carbocycles. The summed E-state index contributed by atoms with van der Waals surface area (Å²) >= 11 is 8.37. The Morgan fingerprint density at radius 2 is 2.08 bits per heavy atom. The van der Waals surface area contributed by atoms with Crippen molar-refractivity contribution in [1.29, 1.82) is 0 Å². The molecule has 0 N–H and O–H groups in total. The number of fused-ring (bicyclic) bond motifs is 1. The number of pyridine rings is 1. The van der Waals surface area contributed by atoms with E-state index in [4.69, 9.17) is 16.3 Å². The summed E-state index contributed by atoms with van der Waals surface area (Å²) < 4.78 is 8.78. The van der Waals surface area contributed by atoms with Gasteiger partial charge >= 0.3 is 6.09 Å². The van der Waals surface area contributed by atoms with Crippen molar-refractivity contribution < 1.29 is 9.53 Å². The molecule has 1 aliphatic carbocycles. The van der Waals surface area contributed by atoms with Gasteiger partial charge in [0.1, 0.15) is 16.4 Å². The number of rotatable bonds is 2. The van der Waals surface area contributed by atoms with Crippen LogP contribution in [0.15, 0.2) is 18.3 Å². The fraction of sp³-hybridized carbons (Fsp3) is 0.529. The monoisotopic (exact) mass is 461 g/mol. The molecule has 0 radical (unpaired) electrons. The van der Waals surface area contributed by atoms with Crippen LogP contribution in [0, 0.1) is 3.57 Å². The molecule has 0 spiro atoms. The maximum Gasteiger partial charge on any atom is 0.410 e. The molecule has 1 saturated carbocycles. The molecule has 3 rings (SSSR count). The van der Waals surface area contributed by atoms with Crippen LogP contribution >= 0.6 is 34.2 Å². The van der Waals surface area contributed by atoms with Crippen LogP contribution in [0.2, 0.25) is 5.15 Å². The predicted octanol–water partition coefficient (Wildman–Crippen LogP) is 4.86. The molecule has 24 heavy (non-hydrogen) atoms. The van der Waals surface area contributed by atoms with Crippen LogP contribution in [0.1, 0.15) is 39.7 Å². The predicted molar refractivity (Wildman–Crippen MR) is 104 cm³/mol. The van der Waals surface area contributed by atoms with Gasteiger partial charge in [-0.1, -0.05) is 11.6 Å². The highest BCUT2D eigenvalue weighted by Crippen LogP contribution is 2.39. The zero-order valence-corrected chi connectivity index (χ0v) is 17.1. The standard InChI is InChI=1S/C17H21ClIN3O2/c1-17(2,3)24-16(23)21(4)10-7-11(8-10)22-9-13(19)12-5-6-14(18)20-15(12)22/h5-6,9-11H,7-8H2,1-4H3. The molecule has 2 aromatic heterocycles. The van der Waals surface area contributed by atoms with E-state index >= 15 is 0 Å². The molecule has 0 aliphatic heterocycles. The molecule has 1 fully saturated rings. The molecule has 1 aliphatic rings. The van der Waals surface area contributed by atoms with Crippen LogP contribution in [-0.4, -0.2) is 39.2 Å². The summed E-state index contributed by atoms with van der Waals surface area (Å²) in [6.07, 6.45) is 3.63. The second-order valence-corrected chi connectivity index (χ2v) is 8.81. The Balaban J connectivity index is 1.71. The second-order valence-electron chi connectivity index (χ2n) is 7.26. The van der Waals surface area contributed by atoms with E-state index in [2.05, 4.69) is 38.3 Å². The van der Waals surface area contributed by atoms with Crippen molar-refractivity contribution in [2.75, 3.05) is 7.05 Å². The Bertz CT molecular complexity index is 778. The molecule has 0 atom stereocenters. The summed E-state index contributed by atoms with van der Waals surface area (Å²) in [5.41, 5.74) is 0.442. The fourth-order valence-corrected chi connectivity index (χ4v) is 3.79.